The van der Waals surface area contributed by atoms with E-state index in [0.29, 0.717) is 45.8 Å². The highest BCUT2D eigenvalue weighted by Gasteiger charge is 2.40. The van der Waals surface area contributed by atoms with Crippen molar-refractivity contribution in [2.75, 3.05) is 39.4 Å². The number of cyclic esters (lactones) is 2. The third kappa shape index (κ3) is 7.61. The Balaban J connectivity index is 0.000000201. The number of likely N-dealkylation sites (tertiary alicyclic amines) is 2. The van der Waals surface area contributed by atoms with Crippen LogP contribution >= 0.6 is 0 Å². The van der Waals surface area contributed by atoms with Crippen LogP contribution in [0.1, 0.15) is 67.2 Å². The van der Waals surface area contributed by atoms with Gasteiger partial charge in [-0.25, -0.2) is 14.4 Å². The van der Waals surface area contributed by atoms with Gasteiger partial charge in [0.2, 0.25) is 0 Å². The molecule has 4 rings (SSSR count). The molecule has 0 bridgehead atoms. The van der Waals surface area contributed by atoms with Gasteiger partial charge in [0.05, 0.1) is 19.1 Å². The molecule has 2 atom stereocenters. The van der Waals surface area contributed by atoms with Crippen molar-refractivity contribution in [2.24, 2.45) is 11.8 Å². The van der Waals surface area contributed by atoms with Crippen molar-refractivity contribution >= 4 is 24.1 Å². The minimum atomic E-state index is -0.487. The highest BCUT2D eigenvalue weighted by Crippen LogP contribution is 2.31. The minimum Gasteiger partial charge on any atom is -0.465 e. The molecule has 0 aliphatic carbocycles. The van der Waals surface area contributed by atoms with E-state index in [-0.39, 0.29) is 36.0 Å². The largest absolute Gasteiger partial charge is 0.465 e. The maximum Gasteiger partial charge on any atom is 0.410 e. The molecule has 202 valence electrons. The molecule has 4 saturated heterocycles. The molecule has 4 aliphatic heterocycles. The zero-order valence-electron chi connectivity index (χ0n) is 22.4. The summed E-state index contributed by atoms with van der Waals surface area (Å²) in [5, 5.41) is 0. The Bertz CT molecular complexity index is 899. The summed E-state index contributed by atoms with van der Waals surface area (Å²) < 4.78 is 20.5. The van der Waals surface area contributed by atoms with Crippen LogP contribution in [0.5, 0.6) is 0 Å². The number of rotatable bonds is 1. The molecular weight excluding hydrogens is 468 g/mol. The van der Waals surface area contributed by atoms with Crippen LogP contribution in [0.3, 0.4) is 0 Å². The van der Waals surface area contributed by atoms with E-state index in [4.69, 9.17) is 18.9 Å². The fourth-order valence-corrected chi connectivity index (χ4v) is 4.69. The number of amides is 2. The molecule has 0 aromatic rings. The van der Waals surface area contributed by atoms with Gasteiger partial charge in [-0.05, 0) is 72.3 Å². The second-order valence-corrected chi connectivity index (χ2v) is 11.7. The van der Waals surface area contributed by atoms with Crippen LogP contribution in [0, 0.1) is 11.8 Å². The van der Waals surface area contributed by atoms with Crippen molar-refractivity contribution in [3.05, 3.63) is 11.1 Å². The van der Waals surface area contributed by atoms with Gasteiger partial charge in [0.15, 0.2) is 0 Å². The van der Waals surface area contributed by atoms with Gasteiger partial charge in [-0.15, -0.1) is 0 Å². The Morgan fingerprint density at radius 2 is 1.47 bits per heavy atom. The summed E-state index contributed by atoms with van der Waals surface area (Å²) in [6.45, 7) is 14.4. The van der Waals surface area contributed by atoms with E-state index in [0.717, 1.165) is 30.4 Å². The smallest absolute Gasteiger partial charge is 0.410 e. The van der Waals surface area contributed by atoms with Gasteiger partial charge in [-0.2, -0.15) is 0 Å². The highest BCUT2D eigenvalue weighted by atomic mass is 16.6. The van der Waals surface area contributed by atoms with Crippen molar-refractivity contribution < 1.29 is 38.1 Å². The molecule has 36 heavy (non-hydrogen) atoms. The number of esters is 2. The zero-order chi connectivity index (χ0) is 26.7. The van der Waals surface area contributed by atoms with Crippen LogP contribution < -0.4 is 0 Å². The normalized spacial score (nSPS) is 26.4. The first-order valence-corrected chi connectivity index (χ1v) is 12.7. The van der Waals surface area contributed by atoms with Crippen molar-refractivity contribution in [2.45, 2.75) is 78.4 Å². The Kier molecular flexibility index (Phi) is 8.56. The number of hydrogen-bond donors (Lipinski definition) is 0. The van der Waals surface area contributed by atoms with E-state index in [2.05, 4.69) is 0 Å². The molecule has 4 heterocycles. The van der Waals surface area contributed by atoms with Crippen molar-refractivity contribution in [1.82, 2.24) is 9.80 Å². The highest BCUT2D eigenvalue weighted by molar-refractivity contribution is 5.91. The van der Waals surface area contributed by atoms with Gasteiger partial charge in [0, 0.05) is 38.2 Å². The maximum atomic E-state index is 11.9. The maximum absolute atomic E-state index is 11.9. The third-order valence-electron chi connectivity index (χ3n) is 6.40. The summed E-state index contributed by atoms with van der Waals surface area (Å²) in [7, 11) is 0. The minimum absolute atomic E-state index is 0.0302. The average molecular weight is 509 g/mol. The quantitative estimate of drug-likeness (QED) is 0.300. The Labute approximate surface area is 213 Å². The van der Waals surface area contributed by atoms with Crippen molar-refractivity contribution in [3.63, 3.8) is 0 Å². The number of carbonyl (C=O) groups excluding carboxylic acids is 4. The lowest BCUT2D eigenvalue weighted by Gasteiger charge is -2.24. The summed E-state index contributed by atoms with van der Waals surface area (Å²) in [5.74, 6) is -0.132. The lowest BCUT2D eigenvalue weighted by atomic mass is 9.90. The molecule has 0 N–H and O–H groups in total. The second kappa shape index (κ2) is 11.1. The summed E-state index contributed by atoms with van der Waals surface area (Å²) in [6.07, 6.45) is 2.45. The molecule has 2 amide bonds. The lowest BCUT2D eigenvalue weighted by molar-refractivity contribution is -0.142. The third-order valence-corrected chi connectivity index (χ3v) is 6.40. The van der Waals surface area contributed by atoms with Crippen LogP contribution in [0.15, 0.2) is 11.1 Å². The lowest BCUT2D eigenvalue weighted by Crippen LogP contribution is -2.36. The predicted octanol–water partition coefficient (Wildman–Crippen LogP) is 3.68. The van der Waals surface area contributed by atoms with Gasteiger partial charge < -0.3 is 28.7 Å². The monoisotopic (exact) mass is 508 g/mol. The van der Waals surface area contributed by atoms with Crippen molar-refractivity contribution in [1.29, 1.82) is 0 Å². The van der Waals surface area contributed by atoms with Gasteiger partial charge in [-0.1, -0.05) is 0 Å². The second-order valence-electron chi connectivity index (χ2n) is 11.7. The Morgan fingerprint density at radius 1 is 0.833 bits per heavy atom. The van der Waals surface area contributed by atoms with Gasteiger partial charge in [0.1, 0.15) is 11.2 Å². The summed E-state index contributed by atoms with van der Waals surface area (Å²) in [6, 6.07) is 0. The Hall–Kier alpha value is -2.78. The first kappa shape index (κ1) is 27.8. The topological polar surface area (TPSA) is 112 Å². The molecule has 0 saturated carbocycles. The first-order valence-electron chi connectivity index (χ1n) is 12.7. The van der Waals surface area contributed by atoms with E-state index >= 15 is 0 Å². The fraction of sp³-hybridized carbons (Fsp3) is 0.769. The molecule has 0 aromatic carbocycles. The van der Waals surface area contributed by atoms with Crippen LogP contribution in [0.2, 0.25) is 0 Å². The van der Waals surface area contributed by atoms with E-state index in [1.807, 2.05) is 41.5 Å². The number of hydrogen-bond acceptors (Lipinski definition) is 8. The number of ether oxygens (including phenoxy) is 4. The summed E-state index contributed by atoms with van der Waals surface area (Å²) in [5.41, 5.74) is 0.810. The van der Waals surface area contributed by atoms with Gasteiger partial charge in [0.25, 0.3) is 0 Å². The molecule has 0 radical (unpaired) electrons. The molecule has 0 aromatic heterocycles. The van der Waals surface area contributed by atoms with Gasteiger partial charge >= 0.3 is 24.1 Å². The summed E-state index contributed by atoms with van der Waals surface area (Å²) >= 11 is 0. The number of nitrogens with zero attached hydrogens (tertiary/aromatic N) is 2. The van der Waals surface area contributed by atoms with Crippen LogP contribution in [-0.4, -0.2) is 84.5 Å². The number of carbonyl (C=O) groups is 4. The van der Waals surface area contributed by atoms with E-state index in [1.165, 1.54) is 0 Å². The molecule has 10 heteroatoms. The Morgan fingerprint density at radius 3 is 2.00 bits per heavy atom. The summed E-state index contributed by atoms with van der Waals surface area (Å²) in [4.78, 5) is 50.1. The van der Waals surface area contributed by atoms with Crippen molar-refractivity contribution in [3.8, 4) is 0 Å². The SMILES string of the molecule is CC(C)(C)OC(=O)N1CC/C(=C2/CCOC2=O)C1.CC(C)(C)OC(=O)N1CCC(C2CCOC2=O)C1. The predicted molar refractivity (Wildman–Crippen MR) is 130 cm³/mol. The zero-order valence-corrected chi connectivity index (χ0v) is 22.4. The standard InChI is InChI=1S/C13H21NO4.C13H19NO4/c2*1-13(2,3)18-12(16)14-6-4-9(8-14)10-5-7-17-11(10)15/h9-10H,4-8H2,1-3H3;4-8H2,1-3H3/b;10-9+. The van der Waals surface area contributed by atoms with Crippen LogP contribution in [0.25, 0.3) is 0 Å². The van der Waals surface area contributed by atoms with E-state index < -0.39 is 11.2 Å². The van der Waals surface area contributed by atoms with Crippen LogP contribution in [0.4, 0.5) is 9.59 Å². The fourth-order valence-electron chi connectivity index (χ4n) is 4.69. The molecule has 4 fully saturated rings. The molecule has 10 nitrogen and oxygen atoms in total. The molecular formula is C26H40N2O8. The first-order chi connectivity index (χ1) is 16.7. The van der Waals surface area contributed by atoms with Gasteiger partial charge in [-0.3, -0.25) is 4.79 Å². The van der Waals surface area contributed by atoms with E-state index in [9.17, 15) is 19.2 Å². The van der Waals surface area contributed by atoms with Crippen LogP contribution in [-0.2, 0) is 28.5 Å². The van der Waals surface area contributed by atoms with E-state index in [1.54, 1.807) is 9.80 Å². The molecule has 4 aliphatic rings. The average Bonchev–Trinajstić information content (AvgIpc) is 3.52. The molecule has 0 spiro atoms. The molecule has 2 unspecified atom stereocenters.